The van der Waals surface area contributed by atoms with Crippen LogP contribution in [0.4, 0.5) is 0 Å². The summed E-state index contributed by atoms with van der Waals surface area (Å²) in [5, 5.41) is 3.35. The van der Waals surface area contributed by atoms with Gasteiger partial charge in [0.25, 0.3) is 0 Å². The standard InChI is InChI=1S/C17H20BrNO3/c1-20-16-10-13(15(18)11-17(16)21-2)12-19-8-9-22-14-6-4-3-5-7-14/h3-7,10-11,19H,8-9,12H2,1-2H3. The molecule has 0 radical (unpaired) electrons. The minimum atomic E-state index is 0.620. The van der Waals surface area contributed by atoms with Gasteiger partial charge in [-0.2, -0.15) is 0 Å². The SMILES string of the molecule is COc1cc(Br)c(CNCCOc2ccccc2)cc1OC. The summed E-state index contributed by atoms with van der Waals surface area (Å²) in [5.41, 5.74) is 1.11. The maximum absolute atomic E-state index is 5.64. The van der Waals surface area contributed by atoms with E-state index >= 15 is 0 Å². The highest BCUT2D eigenvalue weighted by atomic mass is 79.9. The van der Waals surface area contributed by atoms with Crippen molar-refractivity contribution in [2.75, 3.05) is 27.4 Å². The number of nitrogens with one attached hydrogen (secondary N) is 1. The summed E-state index contributed by atoms with van der Waals surface area (Å²) in [6.07, 6.45) is 0. The van der Waals surface area contributed by atoms with Gasteiger partial charge in [-0.25, -0.2) is 0 Å². The van der Waals surface area contributed by atoms with Crippen LogP contribution in [-0.4, -0.2) is 27.4 Å². The number of para-hydroxylation sites is 1. The average molecular weight is 366 g/mol. The zero-order chi connectivity index (χ0) is 15.8. The number of hydrogen-bond acceptors (Lipinski definition) is 4. The number of benzene rings is 2. The van der Waals surface area contributed by atoms with Crippen LogP contribution in [0.2, 0.25) is 0 Å². The Kier molecular flexibility index (Phi) is 6.55. The lowest BCUT2D eigenvalue weighted by Gasteiger charge is -2.13. The van der Waals surface area contributed by atoms with Crippen LogP contribution in [0.15, 0.2) is 46.9 Å². The van der Waals surface area contributed by atoms with Crippen LogP contribution < -0.4 is 19.5 Å². The Balaban J connectivity index is 1.81. The topological polar surface area (TPSA) is 39.7 Å². The molecule has 0 aliphatic rings. The first-order valence-corrected chi connectivity index (χ1v) is 7.83. The molecule has 4 nitrogen and oxygen atoms in total. The Bertz CT molecular complexity index is 590. The Morgan fingerprint density at radius 3 is 2.36 bits per heavy atom. The van der Waals surface area contributed by atoms with Crippen LogP contribution in [0.5, 0.6) is 17.2 Å². The first-order valence-electron chi connectivity index (χ1n) is 7.03. The molecular formula is C17H20BrNO3. The molecule has 0 unspecified atom stereocenters. The molecule has 0 aliphatic carbocycles. The third-order valence-electron chi connectivity index (χ3n) is 3.16. The highest BCUT2D eigenvalue weighted by Gasteiger charge is 2.09. The minimum absolute atomic E-state index is 0.620. The van der Waals surface area contributed by atoms with Crippen molar-refractivity contribution in [3.63, 3.8) is 0 Å². The fourth-order valence-electron chi connectivity index (χ4n) is 2.01. The number of rotatable bonds is 8. The van der Waals surface area contributed by atoms with E-state index in [0.717, 1.165) is 34.6 Å². The maximum atomic E-state index is 5.64. The highest BCUT2D eigenvalue weighted by molar-refractivity contribution is 9.10. The Morgan fingerprint density at radius 1 is 1.00 bits per heavy atom. The van der Waals surface area contributed by atoms with Gasteiger partial charge in [-0.15, -0.1) is 0 Å². The molecule has 2 aromatic carbocycles. The molecule has 0 amide bonds. The first-order chi connectivity index (χ1) is 10.7. The van der Waals surface area contributed by atoms with Gasteiger partial charge in [-0.05, 0) is 29.8 Å². The first kappa shape index (κ1) is 16.6. The Hall–Kier alpha value is -1.72. The predicted molar refractivity (Wildman–Crippen MR) is 90.9 cm³/mol. The van der Waals surface area contributed by atoms with Gasteiger partial charge in [0.1, 0.15) is 12.4 Å². The molecule has 0 aromatic heterocycles. The van der Waals surface area contributed by atoms with Gasteiger partial charge in [-0.3, -0.25) is 0 Å². The molecular weight excluding hydrogens is 346 g/mol. The van der Waals surface area contributed by atoms with E-state index in [0.29, 0.717) is 12.4 Å². The second-order valence-corrected chi connectivity index (χ2v) is 5.49. The lowest BCUT2D eigenvalue weighted by atomic mass is 10.2. The van der Waals surface area contributed by atoms with E-state index in [4.69, 9.17) is 14.2 Å². The molecule has 118 valence electrons. The van der Waals surface area contributed by atoms with Crippen molar-refractivity contribution in [1.29, 1.82) is 0 Å². The van der Waals surface area contributed by atoms with E-state index in [1.165, 1.54) is 0 Å². The van der Waals surface area contributed by atoms with Crippen molar-refractivity contribution in [1.82, 2.24) is 5.32 Å². The third-order valence-corrected chi connectivity index (χ3v) is 3.90. The lowest BCUT2D eigenvalue weighted by molar-refractivity contribution is 0.313. The molecule has 5 heteroatoms. The fourth-order valence-corrected chi connectivity index (χ4v) is 2.48. The predicted octanol–water partition coefficient (Wildman–Crippen LogP) is 3.63. The van der Waals surface area contributed by atoms with Crippen molar-refractivity contribution in [2.24, 2.45) is 0 Å². The number of halogens is 1. The van der Waals surface area contributed by atoms with E-state index in [-0.39, 0.29) is 0 Å². The summed E-state index contributed by atoms with van der Waals surface area (Å²) < 4.78 is 17.2. The molecule has 0 saturated carbocycles. The van der Waals surface area contributed by atoms with Gasteiger partial charge in [0, 0.05) is 17.6 Å². The normalized spacial score (nSPS) is 10.3. The van der Waals surface area contributed by atoms with Crippen LogP contribution in [0, 0.1) is 0 Å². The van der Waals surface area contributed by atoms with Crippen molar-refractivity contribution in [3.8, 4) is 17.2 Å². The van der Waals surface area contributed by atoms with E-state index in [2.05, 4.69) is 21.2 Å². The number of hydrogen-bond donors (Lipinski definition) is 1. The lowest BCUT2D eigenvalue weighted by Crippen LogP contribution is -2.20. The van der Waals surface area contributed by atoms with E-state index in [1.54, 1.807) is 14.2 Å². The van der Waals surface area contributed by atoms with Crippen molar-refractivity contribution in [2.45, 2.75) is 6.54 Å². The molecule has 1 N–H and O–H groups in total. The van der Waals surface area contributed by atoms with Crippen LogP contribution >= 0.6 is 15.9 Å². The molecule has 0 atom stereocenters. The van der Waals surface area contributed by atoms with Crippen LogP contribution in [0.1, 0.15) is 5.56 Å². The number of methoxy groups -OCH3 is 2. The smallest absolute Gasteiger partial charge is 0.161 e. The summed E-state index contributed by atoms with van der Waals surface area (Å²) in [6.45, 7) is 2.10. The van der Waals surface area contributed by atoms with Gasteiger partial charge < -0.3 is 19.5 Å². The third kappa shape index (κ3) is 4.64. The molecule has 0 heterocycles. The largest absolute Gasteiger partial charge is 0.493 e. The Morgan fingerprint density at radius 2 is 1.68 bits per heavy atom. The van der Waals surface area contributed by atoms with E-state index in [9.17, 15) is 0 Å². The van der Waals surface area contributed by atoms with Gasteiger partial charge in [0.05, 0.1) is 14.2 Å². The van der Waals surface area contributed by atoms with Crippen molar-refractivity contribution >= 4 is 15.9 Å². The molecule has 0 saturated heterocycles. The van der Waals surface area contributed by atoms with Gasteiger partial charge in [0.15, 0.2) is 11.5 Å². The quantitative estimate of drug-likeness (QED) is 0.725. The molecule has 0 aliphatic heterocycles. The Labute approximate surface area is 139 Å². The monoisotopic (exact) mass is 365 g/mol. The second-order valence-electron chi connectivity index (χ2n) is 4.64. The number of ether oxygens (including phenoxy) is 3. The van der Waals surface area contributed by atoms with Crippen LogP contribution in [0.3, 0.4) is 0 Å². The van der Waals surface area contributed by atoms with Gasteiger partial charge >= 0.3 is 0 Å². The van der Waals surface area contributed by atoms with Crippen LogP contribution in [0.25, 0.3) is 0 Å². The summed E-state index contributed by atoms with van der Waals surface area (Å²) in [6, 6.07) is 13.7. The molecule has 2 rings (SSSR count). The summed E-state index contributed by atoms with van der Waals surface area (Å²) in [4.78, 5) is 0. The van der Waals surface area contributed by atoms with Gasteiger partial charge in [0.2, 0.25) is 0 Å². The summed E-state index contributed by atoms with van der Waals surface area (Å²) >= 11 is 3.55. The van der Waals surface area contributed by atoms with Gasteiger partial charge in [-0.1, -0.05) is 34.1 Å². The zero-order valence-electron chi connectivity index (χ0n) is 12.8. The van der Waals surface area contributed by atoms with Crippen molar-refractivity contribution < 1.29 is 14.2 Å². The average Bonchev–Trinajstić information content (AvgIpc) is 2.56. The fraction of sp³-hybridized carbons (Fsp3) is 0.294. The van der Waals surface area contributed by atoms with E-state index < -0.39 is 0 Å². The summed E-state index contributed by atoms with van der Waals surface area (Å²) in [7, 11) is 3.26. The van der Waals surface area contributed by atoms with Crippen LogP contribution in [-0.2, 0) is 6.54 Å². The molecule has 0 bridgehead atoms. The van der Waals surface area contributed by atoms with E-state index in [1.807, 2.05) is 42.5 Å². The summed E-state index contributed by atoms with van der Waals surface area (Å²) in [5.74, 6) is 2.32. The second kappa shape index (κ2) is 8.66. The molecule has 0 fully saturated rings. The molecule has 22 heavy (non-hydrogen) atoms. The van der Waals surface area contributed by atoms with Crippen molar-refractivity contribution in [3.05, 3.63) is 52.5 Å². The molecule has 0 spiro atoms. The minimum Gasteiger partial charge on any atom is -0.493 e. The zero-order valence-corrected chi connectivity index (χ0v) is 14.4. The molecule has 2 aromatic rings. The maximum Gasteiger partial charge on any atom is 0.161 e. The highest BCUT2D eigenvalue weighted by Crippen LogP contribution is 2.33.